The van der Waals surface area contributed by atoms with Crippen molar-refractivity contribution < 1.29 is 9.21 Å². The van der Waals surface area contributed by atoms with Crippen molar-refractivity contribution >= 4 is 46.4 Å². The number of halogens is 3. The SMILES string of the molecule is O=C(Nc1ccc(Cl)cc1)c1ccc(-c2ccc(Cl)c(Cl)c2)o1. The van der Waals surface area contributed by atoms with E-state index >= 15 is 0 Å². The van der Waals surface area contributed by atoms with Gasteiger partial charge in [0.25, 0.3) is 5.91 Å². The van der Waals surface area contributed by atoms with E-state index in [-0.39, 0.29) is 11.7 Å². The van der Waals surface area contributed by atoms with Crippen molar-refractivity contribution in [1.82, 2.24) is 0 Å². The van der Waals surface area contributed by atoms with Gasteiger partial charge in [0.15, 0.2) is 5.76 Å². The number of nitrogens with one attached hydrogen (secondary N) is 1. The quantitative estimate of drug-likeness (QED) is 0.603. The second-order valence-electron chi connectivity index (χ2n) is 4.75. The van der Waals surface area contributed by atoms with Gasteiger partial charge in [0.2, 0.25) is 0 Å². The summed E-state index contributed by atoms with van der Waals surface area (Å²) in [5.74, 6) is 0.379. The monoisotopic (exact) mass is 365 g/mol. The van der Waals surface area contributed by atoms with Crippen LogP contribution in [0.15, 0.2) is 59.0 Å². The highest BCUT2D eigenvalue weighted by atomic mass is 35.5. The fraction of sp³-hybridized carbons (Fsp3) is 0. The number of hydrogen-bond donors (Lipinski definition) is 1. The van der Waals surface area contributed by atoms with E-state index in [1.807, 2.05) is 0 Å². The normalized spacial score (nSPS) is 10.6. The molecular formula is C17H10Cl3NO2. The molecule has 0 fully saturated rings. The molecule has 0 atom stereocenters. The van der Waals surface area contributed by atoms with Crippen LogP contribution < -0.4 is 5.32 Å². The van der Waals surface area contributed by atoms with Crippen molar-refractivity contribution in [1.29, 1.82) is 0 Å². The fourth-order valence-corrected chi connectivity index (χ4v) is 2.41. The Balaban J connectivity index is 1.79. The van der Waals surface area contributed by atoms with Gasteiger partial charge in [-0.05, 0) is 54.6 Å². The molecule has 23 heavy (non-hydrogen) atoms. The van der Waals surface area contributed by atoms with Crippen LogP contribution in [0.25, 0.3) is 11.3 Å². The average Bonchev–Trinajstić information content (AvgIpc) is 3.02. The van der Waals surface area contributed by atoms with Crippen LogP contribution in [-0.2, 0) is 0 Å². The van der Waals surface area contributed by atoms with Gasteiger partial charge >= 0.3 is 0 Å². The summed E-state index contributed by atoms with van der Waals surface area (Å²) in [5.41, 5.74) is 1.37. The summed E-state index contributed by atoms with van der Waals surface area (Å²) in [6.07, 6.45) is 0. The highest BCUT2D eigenvalue weighted by Gasteiger charge is 2.13. The highest BCUT2D eigenvalue weighted by molar-refractivity contribution is 6.42. The van der Waals surface area contributed by atoms with Crippen molar-refractivity contribution in [2.45, 2.75) is 0 Å². The first-order valence-corrected chi connectivity index (χ1v) is 7.78. The molecule has 0 radical (unpaired) electrons. The van der Waals surface area contributed by atoms with E-state index in [4.69, 9.17) is 39.2 Å². The number of rotatable bonds is 3. The zero-order valence-electron chi connectivity index (χ0n) is 11.6. The molecule has 0 saturated heterocycles. The lowest BCUT2D eigenvalue weighted by Crippen LogP contribution is -2.10. The van der Waals surface area contributed by atoms with Crippen LogP contribution in [0, 0.1) is 0 Å². The van der Waals surface area contributed by atoms with Crippen molar-refractivity contribution in [2.24, 2.45) is 0 Å². The van der Waals surface area contributed by atoms with Gasteiger partial charge in [0.1, 0.15) is 5.76 Å². The van der Waals surface area contributed by atoms with Crippen LogP contribution >= 0.6 is 34.8 Å². The predicted octanol–water partition coefficient (Wildman–Crippen LogP) is 6.16. The molecule has 0 bridgehead atoms. The second kappa shape index (κ2) is 6.67. The molecule has 3 rings (SSSR count). The number of hydrogen-bond acceptors (Lipinski definition) is 2. The lowest BCUT2D eigenvalue weighted by atomic mass is 10.2. The van der Waals surface area contributed by atoms with Gasteiger partial charge in [-0.1, -0.05) is 34.8 Å². The summed E-state index contributed by atoms with van der Waals surface area (Å²) in [4.78, 5) is 12.2. The van der Waals surface area contributed by atoms with Crippen LogP contribution in [0.5, 0.6) is 0 Å². The van der Waals surface area contributed by atoms with Crippen LogP contribution in [0.4, 0.5) is 5.69 Å². The van der Waals surface area contributed by atoms with Crippen LogP contribution in [-0.4, -0.2) is 5.91 Å². The first-order valence-electron chi connectivity index (χ1n) is 6.65. The Bertz CT molecular complexity index is 857. The van der Waals surface area contributed by atoms with E-state index < -0.39 is 0 Å². The minimum absolute atomic E-state index is 0.195. The predicted molar refractivity (Wildman–Crippen MR) is 93.6 cm³/mol. The lowest BCUT2D eigenvalue weighted by Gasteiger charge is -2.03. The number of amides is 1. The van der Waals surface area contributed by atoms with E-state index in [2.05, 4.69) is 5.32 Å². The molecule has 1 amide bonds. The van der Waals surface area contributed by atoms with E-state index in [0.29, 0.717) is 26.5 Å². The van der Waals surface area contributed by atoms with Crippen molar-refractivity contribution in [3.05, 3.63) is 75.4 Å². The van der Waals surface area contributed by atoms with Crippen LogP contribution in [0.1, 0.15) is 10.6 Å². The highest BCUT2D eigenvalue weighted by Crippen LogP contribution is 2.29. The first kappa shape index (κ1) is 15.9. The number of furan rings is 1. The third kappa shape index (κ3) is 3.70. The van der Waals surface area contributed by atoms with E-state index in [1.54, 1.807) is 54.6 Å². The Morgan fingerprint density at radius 2 is 1.61 bits per heavy atom. The molecule has 1 heterocycles. The zero-order chi connectivity index (χ0) is 16.4. The fourth-order valence-electron chi connectivity index (χ4n) is 1.99. The summed E-state index contributed by atoms with van der Waals surface area (Å²) in [6, 6.07) is 15.2. The maximum atomic E-state index is 12.2. The van der Waals surface area contributed by atoms with Gasteiger partial charge in [0, 0.05) is 16.3 Å². The maximum absolute atomic E-state index is 12.2. The van der Waals surface area contributed by atoms with E-state index in [1.165, 1.54) is 0 Å². The standard InChI is InChI=1S/C17H10Cl3NO2/c18-11-2-4-12(5-3-11)21-17(22)16-8-7-15(23-16)10-1-6-13(19)14(20)9-10/h1-9H,(H,21,22). The number of benzene rings is 2. The molecule has 0 aliphatic rings. The summed E-state index contributed by atoms with van der Waals surface area (Å²) in [6.45, 7) is 0. The average molecular weight is 367 g/mol. The Morgan fingerprint density at radius 3 is 2.30 bits per heavy atom. The molecule has 0 aliphatic carbocycles. The topological polar surface area (TPSA) is 42.2 Å². The van der Waals surface area contributed by atoms with Gasteiger partial charge in [-0.3, -0.25) is 4.79 Å². The van der Waals surface area contributed by atoms with Gasteiger partial charge in [-0.15, -0.1) is 0 Å². The molecule has 2 aromatic carbocycles. The molecule has 1 aromatic heterocycles. The van der Waals surface area contributed by atoms with Crippen LogP contribution in [0.2, 0.25) is 15.1 Å². The van der Waals surface area contributed by atoms with Crippen molar-refractivity contribution in [3.63, 3.8) is 0 Å². The lowest BCUT2D eigenvalue weighted by molar-refractivity contribution is 0.0997. The van der Waals surface area contributed by atoms with Crippen molar-refractivity contribution in [2.75, 3.05) is 5.32 Å². The molecule has 3 aromatic rings. The molecule has 6 heteroatoms. The largest absolute Gasteiger partial charge is 0.451 e. The van der Waals surface area contributed by atoms with Gasteiger partial charge in [0.05, 0.1) is 10.0 Å². The molecule has 0 aliphatic heterocycles. The molecular weight excluding hydrogens is 357 g/mol. The minimum Gasteiger partial charge on any atom is -0.451 e. The van der Waals surface area contributed by atoms with Crippen LogP contribution in [0.3, 0.4) is 0 Å². The van der Waals surface area contributed by atoms with Gasteiger partial charge in [-0.25, -0.2) is 0 Å². The van der Waals surface area contributed by atoms with Gasteiger partial charge < -0.3 is 9.73 Å². The maximum Gasteiger partial charge on any atom is 0.291 e. The Hall–Kier alpha value is -1.94. The first-order chi connectivity index (χ1) is 11.0. The Kier molecular flexibility index (Phi) is 4.62. The smallest absolute Gasteiger partial charge is 0.291 e. The molecule has 0 spiro atoms. The molecule has 3 nitrogen and oxygen atoms in total. The molecule has 1 N–H and O–H groups in total. The zero-order valence-corrected chi connectivity index (χ0v) is 13.9. The van der Waals surface area contributed by atoms with E-state index in [0.717, 1.165) is 5.56 Å². The summed E-state index contributed by atoms with van der Waals surface area (Å²) in [7, 11) is 0. The summed E-state index contributed by atoms with van der Waals surface area (Å²) < 4.78 is 5.58. The Morgan fingerprint density at radius 1 is 0.870 bits per heavy atom. The number of carbonyl (C=O) groups excluding carboxylic acids is 1. The van der Waals surface area contributed by atoms with Crippen molar-refractivity contribution in [3.8, 4) is 11.3 Å². The molecule has 0 saturated carbocycles. The van der Waals surface area contributed by atoms with Gasteiger partial charge in [-0.2, -0.15) is 0 Å². The molecule has 0 unspecified atom stereocenters. The third-order valence-electron chi connectivity index (χ3n) is 3.14. The van der Waals surface area contributed by atoms with E-state index in [9.17, 15) is 4.79 Å². The molecule has 116 valence electrons. The minimum atomic E-state index is -0.348. The third-order valence-corrected chi connectivity index (χ3v) is 4.13. The number of anilines is 1. The summed E-state index contributed by atoms with van der Waals surface area (Å²) >= 11 is 17.7. The summed E-state index contributed by atoms with van der Waals surface area (Å²) in [5, 5.41) is 4.22. The second-order valence-corrected chi connectivity index (χ2v) is 6.00. The Labute approximate surface area is 147 Å². The number of carbonyl (C=O) groups is 1.